The number of fused-ring (bicyclic) bond motifs is 2. The molecule has 6 heteroatoms. The lowest BCUT2D eigenvalue weighted by Gasteiger charge is -2.08. The highest BCUT2D eigenvalue weighted by molar-refractivity contribution is 5.88. The normalized spacial score (nSPS) is 11.3. The average molecular weight is 473 g/mol. The molecule has 174 valence electrons. The van der Waals surface area contributed by atoms with Gasteiger partial charge in [-0.2, -0.15) is 0 Å². The molecule has 0 fully saturated rings. The zero-order valence-electron chi connectivity index (χ0n) is 19.6. The molecule has 0 bridgehead atoms. The molecule has 0 saturated heterocycles. The molecule has 0 N–H and O–H groups in total. The maximum absolute atomic E-state index is 12.9. The third-order valence-corrected chi connectivity index (χ3v) is 6.34. The highest BCUT2D eigenvalue weighted by Gasteiger charge is 2.14. The first-order chi connectivity index (χ1) is 17.5. The van der Waals surface area contributed by atoms with Crippen molar-refractivity contribution in [1.29, 1.82) is 0 Å². The number of hydrogen-bond donors (Lipinski definition) is 0. The molecule has 2 heterocycles. The van der Waals surface area contributed by atoms with E-state index >= 15 is 0 Å². The molecule has 36 heavy (non-hydrogen) atoms. The topological polar surface area (TPSA) is 86.2 Å². The first kappa shape index (κ1) is 21.7. The van der Waals surface area contributed by atoms with Gasteiger partial charge in [0.15, 0.2) is 0 Å². The van der Waals surface area contributed by atoms with Crippen LogP contribution in [0.25, 0.3) is 55.8 Å². The Morgan fingerprint density at radius 2 is 0.972 bits per heavy atom. The molecule has 0 saturated carbocycles. The van der Waals surface area contributed by atoms with Gasteiger partial charge in [0.05, 0.1) is 21.8 Å². The highest BCUT2D eigenvalue weighted by atomic mass is 16.4. The third kappa shape index (κ3) is 3.69. The molecule has 0 aliphatic rings. The van der Waals surface area contributed by atoms with E-state index in [0.717, 1.165) is 33.4 Å². The second-order valence-corrected chi connectivity index (χ2v) is 8.71. The van der Waals surface area contributed by atoms with Crippen LogP contribution < -0.4 is 11.3 Å². The Morgan fingerprint density at radius 3 is 1.39 bits per heavy atom. The molecule has 4 aromatic carbocycles. The lowest BCUT2D eigenvalue weighted by molar-refractivity contribution is 0.517. The van der Waals surface area contributed by atoms with Crippen LogP contribution in [0.2, 0.25) is 0 Å². The highest BCUT2D eigenvalue weighted by Crippen LogP contribution is 2.28. The molecule has 0 spiro atoms. The SMILES string of the molecule is Cc1ccccc1-c1nc2ccc(-c3ccc4nc(-c5ccccc5C)oc(=O)c4c3)cc2c(=O)o1. The van der Waals surface area contributed by atoms with Gasteiger partial charge in [-0.25, -0.2) is 19.6 Å². The van der Waals surface area contributed by atoms with Crippen LogP contribution in [0.5, 0.6) is 0 Å². The first-order valence-electron chi connectivity index (χ1n) is 11.5. The van der Waals surface area contributed by atoms with Gasteiger partial charge in [0, 0.05) is 11.1 Å². The summed E-state index contributed by atoms with van der Waals surface area (Å²) < 4.78 is 11.1. The summed E-state index contributed by atoms with van der Waals surface area (Å²) in [6.07, 6.45) is 0. The van der Waals surface area contributed by atoms with Crippen LogP contribution in [0, 0.1) is 13.8 Å². The molecular weight excluding hydrogens is 452 g/mol. The molecule has 0 unspecified atom stereocenters. The Balaban J connectivity index is 1.43. The second-order valence-electron chi connectivity index (χ2n) is 8.71. The minimum absolute atomic E-state index is 0.289. The van der Waals surface area contributed by atoms with Crippen molar-refractivity contribution < 1.29 is 8.83 Å². The molecule has 6 aromatic rings. The summed E-state index contributed by atoms with van der Waals surface area (Å²) in [6, 6.07) is 26.0. The molecule has 2 aromatic heterocycles. The van der Waals surface area contributed by atoms with Gasteiger partial charge >= 0.3 is 11.3 Å². The first-order valence-corrected chi connectivity index (χ1v) is 11.5. The van der Waals surface area contributed by atoms with E-state index in [0.29, 0.717) is 21.8 Å². The van der Waals surface area contributed by atoms with E-state index in [1.807, 2.05) is 74.5 Å². The summed E-state index contributed by atoms with van der Waals surface area (Å²) in [6.45, 7) is 3.89. The van der Waals surface area contributed by atoms with Gasteiger partial charge in [0.2, 0.25) is 11.8 Å². The quantitative estimate of drug-likeness (QED) is 0.300. The Labute approximate surface area is 205 Å². The summed E-state index contributed by atoms with van der Waals surface area (Å²) in [5.74, 6) is 0.578. The zero-order chi connectivity index (χ0) is 24.8. The Kier molecular flexibility index (Phi) is 5.08. The number of hydrogen-bond acceptors (Lipinski definition) is 6. The standard InChI is InChI=1S/C30H20N2O4/c1-17-7-3-5-9-21(17)27-31-25-13-11-19(15-23(25)29(33)35-27)20-12-14-26-24(16-20)30(34)36-28(32-26)22-10-6-4-8-18(22)2/h3-16H,1-2H3. The van der Waals surface area contributed by atoms with Gasteiger partial charge < -0.3 is 8.83 Å². The van der Waals surface area contributed by atoms with E-state index in [1.165, 1.54) is 0 Å². The summed E-state index contributed by atoms with van der Waals surface area (Å²) in [4.78, 5) is 34.8. The lowest BCUT2D eigenvalue weighted by atomic mass is 10.0. The minimum atomic E-state index is -0.468. The Bertz CT molecular complexity index is 1780. The van der Waals surface area contributed by atoms with Crippen LogP contribution in [-0.4, -0.2) is 9.97 Å². The largest absolute Gasteiger partial charge is 0.403 e. The second kappa shape index (κ2) is 8.43. The molecule has 0 atom stereocenters. The average Bonchev–Trinajstić information content (AvgIpc) is 2.89. The van der Waals surface area contributed by atoms with Crippen LogP contribution in [0.15, 0.2) is 103 Å². The number of nitrogens with zero attached hydrogens (tertiary/aromatic N) is 2. The molecule has 6 rings (SSSR count). The molecule has 0 radical (unpaired) electrons. The number of rotatable bonds is 3. The number of aromatic nitrogens is 2. The Morgan fingerprint density at radius 1 is 0.556 bits per heavy atom. The van der Waals surface area contributed by atoms with Crippen molar-refractivity contribution in [3.63, 3.8) is 0 Å². The smallest absolute Gasteiger partial charge is 0.347 e. The minimum Gasteiger partial charge on any atom is -0.403 e. The van der Waals surface area contributed by atoms with Gasteiger partial charge in [-0.1, -0.05) is 48.5 Å². The van der Waals surface area contributed by atoms with E-state index in [4.69, 9.17) is 8.83 Å². The van der Waals surface area contributed by atoms with E-state index in [-0.39, 0.29) is 11.8 Å². The fourth-order valence-corrected chi connectivity index (χ4v) is 4.36. The maximum Gasteiger partial charge on any atom is 0.347 e. The van der Waals surface area contributed by atoms with Crippen LogP contribution in [-0.2, 0) is 0 Å². The van der Waals surface area contributed by atoms with Gasteiger partial charge in [0.25, 0.3) is 0 Å². The van der Waals surface area contributed by atoms with Gasteiger partial charge in [-0.3, -0.25) is 0 Å². The van der Waals surface area contributed by atoms with Crippen molar-refractivity contribution in [2.24, 2.45) is 0 Å². The molecule has 6 nitrogen and oxygen atoms in total. The van der Waals surface area contributed by atoms with Crippen molar-refractivity contribution in [3.8, 4) is 34.0 Å². The van der Waals surface area contributed by atoms with Crippen molar-refractivity contribution in [2.45, 2.75) is 13.8 Å². The van der Waals surface area contributed by atoms with E-state index in [2.05, 4.69) is 9.97 Å². The molecule has 0 aliphatic heterocycles. The third-order valence-electron chi connectivity index (χ3n) is 6.34. The number of aryl methyl sites for hydroxylation is 2. The monoisotopic (exact) mass is 472 g/mol. The van der Waals surface area contributed by atoms with Crippen LogP contribution in [0.1, 0.15) is 11.1 Å². The van der Waals surface area contributed by atoms with Gasteiger partial charge in [-0.15, -0.1) is 0 Å². The van der Waals surface area contributed by atoms with Crippen LogP contribution >= 0.6 is 0 Å². The van der Waals surface area contributed by atoms with E-state index in [1.54, 1.807) is 24.3 Å². The summed E-state index contributed by atoms with van der Waals surface area (Å²) >= 11 is 0. The van der Waals surface area contributed by atoms with Crippen molar-refractivity contribution in [3.05, 3.63) is 117 Å². The van der Waals surface area contributed by atoms with Crippen molar-refractivity contribution >= 4 is 21.8 Å². The zero-order valence-corrected chi connectivity index (χ0v) is 19.6. The molecule has 0 amide bonds. The molecule has 0 aliphatic carbocycles. The predicted molar refractivity (Wildman–Crippen MR) is 140 cm³/mol. The van der Waals surface area contributed by atoms with Crippen molar-refractivity contribution in [1.82, 2.24) is 9.97 Å². The fraction of sp³-hybridized carbons (Fsp3) is 0.0667. The van der Waals surface area contributed by atoms with Gasteiger partial charge in [0.1, 0.15) is 0 Å². The summed E-state index contributed by atoms with van der Waals surface area (Å²) in [5, 5.41) is 0.731. The van der Waals surface area contributed by atoms with Crippen LogP contribution in [0.3, 0.4) is 0 Å². The fourth-order valence-electron chi connectivity index (χ4n) is 4.36. The van der Waals surface area contributed by atoms with Crippen molar-refractivity contribution in [2.75, 3.05) is 0 Å². The van der Waals surface area contributed by atoms with Gasteiger partial charge in [-0.05, 0) is 72.5 Å². The number of benzene rings is 4. The summed E-state index contributed by atoms with van der Waals surface area (Å²) in [7, 11) is 0. The summed E-state index contributed by atoms with van der Waals surface area (Å²) in [5.41, 5.74) is 5.15. The molecular formula is C30H20N2O4. The van der Waals surface area contributed by atoms with Crippen LogP contribution in [0.4, 0.5) is 0 Å². The van der Waals surface area contributed by atoms with E-state index < -0.39 is 11.3 Å². The predicted octanol–water partition coefficient (Wildman–Crippen LogP) is 6.31. The lowest BCUT2D eigenvalue weighted by Crippen LogP contribution is -2.04. The maximum atomic E-state index is 12.9. The van der Waals surface area contributed by atoms with E-state index in [9.17, 15) is 9.59 Å². The Hall–Kier alpha value is -4.84.